The van der Waals surface area contributed by atoms with Crippen LogP contribution >= 0.6 is 11.8 Å². The number of nitrogens with zero attached hydrogens (tertiary/aromatic N) is 5. The summed E-state index contributed by atoms with van der Waals surface area (Å²) in [5.41, 5.74) is 5.48. The number of nitrogen functional groups attached to an aromatic ring is 1. The molecule has 3 N–H and O–H groups in total. The van der Waals surface area contributed by atoms with Crippen molar-refractivity contribution >= 4 is 23.4 Å². The van der Waals surface area contributed by atoms with E-state index < -0.39 is 0 Å². The first-order chi connectivity index (χ1) is 16.4. The monoisotopic (exact) mass is 477 g/mol. The summed E-state index contributed by atoms with van der Waals surface area (Å²) in [6.07, 6.45) is 0.525. The summed E-state index contributed by atoms with van der Waals surface area (Å²) < 4.78 is 8.44. The van der Waals surface area contributed by atoms with Crippen LogP contribution in [0.2, 0.25) is 0 Å². The molecule has 34 heavy (non-hydrogen) atoms. The molecule has 0 spiro atoms. The van der Waals surface area contributed by atoms with Gasteiger partial charge in [-0.2, -0.15) is 5.10 Å². The highest BCUT2D eigenvalue weighted by Crippen LogP contribution is 2.24. The molecule has 176 valence electrons. The van der Waals surface area contributed by atoms with Crippen LogP contribution in [0.5, 0.6) is 5.75 Å². The van der Waals surface area contributed by atoms with Crippen LogP contribution in [0.4, 0.5) is 5.69 Å². The number of nitrogens with one attached hydrogen (secondary N) is 1. The third-order valence-electron chi connectivity index (χ3n) is 5.42. The molecule has 0 radical (unpaired) electrons. The number of hydrogen-bond donors (Lipinski definition) is 2. The van der Waals surface area contributed by atoms with Crippen LogP contribution < -0.4 is 15.9 Å². The van der Waals surface area contributed by atoms with E-state index in [1.54, 1.807) is 7.11 Å². The maximum absolute atomic E-state index is 12.7. The number of rotatable bonds is 8. The van der Waals surface area contributed by atoms with E-state index in [9.17, 15) is 4.79 Å². The van der Waals surface area contributed by atoms with Crippen molar-refractivity contribution in [3.63, 3.8) is 0 Å². The SMILES string of the molecule is COc1ccc(Cc2nnc(SCC(=O)Nc3c(C)nn(-c4ccc(C)cc4)c3C)n2N)cc1. The number of nitrogens with two attached hydrogens (primary N) is 1. The fraction of sp³-hybridized carbons (Fsp3) is 0.250. The molecule has 4 aromatic rings. The van der Waals surface area contributed by atoms with Crippen molar-refractivity contribution in [2.24, 2.45) is 0 Å². The molecule has 0 aliphatic rings. The van der Waals surface area contributed by atoms with Crippen LogP contribution in [0.1, 0.15) is 28.3 Å². The van der Waals surface area contributed by atoms with Gasteiger partial charge in [0.25, 0.3) is 0 Å². The summed E-state index contributed by atoms with van der Waals surface area (Å²) in [5, 5.41) is 16.4. The summed E-state index contributed by atoms with van der Waals surface area (Å²) in [4.78, 5) is 12.7. The first-order valence-corrected chi connectivity index (χ1v) is 11.7. The van der Waals surface area contributed by atoms with Gasteiger partial charge in [-0.05, 0) is 50.6 Å². The van der Waals surface area contributed by atoms with Gasteiger partial charge in [-0.3, -0.25) is 4.79 Å². The molecule has 0 saturated carbocycles. The third-order valence-corrected chi connectivity index (χ3v) is 6.37. The van der Waals surface area contributed by atoms with Gasteiger partial charge in [0.2, 0.25) is 11.1 Å². The Balaban J connectivity index is 1.38. The number of anilines is 1. The maximum Gasteiger partial charge on any atom is 0.234 e. The molecular formula is C24H27N7O2S. The normalized spacial score (nSPS) is 10.9. The van der Waals surface area contributed by atoms with Crippen molar-refractivity contribution in [2.75, 3.05) is 24.0 Å². The van der Waals surface area contributed by atoms with Gasteiger partial charge in [0.05, 0.1) is 35.6 Å². The van der Waals surface area contributed by atoms with Crippen molar-refractivity contribution in [2.45, 2.75) is 32.3 Å². The van der Waals surface area contributed by atoms with Crippen molar-refractivity contribution in [1.29, 1.82) is 0 Å². The Morgan fingerprint density at radius 1 is 1.06 bits per heavy atom. The van der Waals surface area contributed by atoms with E-state index in [0.29, 0.717) is 23.1 Å². The summed E-state index contributed by atoms with van der Waals surface area (Å²) in [6, 6.07) is 15.8. The number of aromatic nitrogens is 5. The summed E-state index contributed by atoms with van der Waals surface area (Å²) in [7, 11) is 1.63. The highest BCUT2D eigenvalue weighted by atomic mass is 32.2. The quantitative estimate of drug-likeness (QED) is 0.295. The van der Waals surface area contributed by atoms with Crippen molar-refractivity contribution in [3.05, 3.63) is 76.9 Å². The van der Waals surface area contributed by atoms with E-state index in [1.165, 1.54) is 22.0 Å². The highest BCUT2D eigenvalue weighted by molar-refractivity contribution is 7.99. The van der Waals surface area contributed by atoms with E-state index in [0.717, 1.165) is 28.4 Å². The molecule has 0 bridgehead atoms. The van der Waals surface area contributed by atoms with Gasteiger partial charge in [0.15, 0.2) is 5.82 Å². The van der Waals surface area contributed by atoms with Gasteiger partial charge in [-0.1, -0.05) is 41.6 Å². The minimum Gasteiger partial charge on any atom is -0.497 e. The molecule has 1 amide bonds. The average molecular weight is 478 g/mol. The van der Waals surface area contributed by atoms with Crippen LogP contribution in [-0.2, 0) is 11.2 Å². The fourth-order valence-electron chi connectivity index (χ4n) is 3.52. The lowest BCUT2D eigenvalue weighted by molar-refractivity contribution is -0.113. The van der Waals surface area contributed by atoms with E-state index >= 15 is 0 Å². The molecule has 2 heterocycles. The smallest absolute Gasteiger partial charge is 0.234 e. The van der Waals surface area contributed by atoms with Gasteiger partial charge in [0.1, 0.15) is 5.75 Å². The Morgan fingerprint density at radius 2 is 1.76 bits per heavy atom. The number of methoxy groups -OCH3 is 1. The molecule has 2 aromatic heterocycles. The Bertz CT molecular complexity index is 1290. The lowest BCUT2D eigenvalue weighted by atomic mass is 10.1. The minimum absolute atomic E-state index is 0.145. The topological polar surface area (TPSA) is 113 Å². The fourth-order valence-corrected chi connectivity index (χ4v) is 4.19. The second-order valence-corrected chi connectivity index (χ2v) is 8.87. The molecule has 0 atom stereocenters. The molecule has 9 nitrogen and oxygen atoms in total. The predicted molar refractivity (Wildman–Crippen MR) is 133 cm³/mol. The van der Waals surface area contributed by atoms with Gasteiger partial charge in [-0.25, -0.2) is 9.36 Å². The number of carbonyl (C=O) groups excluding carboxylic acids is 1. The number of ether oxygens (including phenoxy) is 1. The number of amides is 1. The molecule has 0 fully saturated rings. The Morgan fingerprint density at radius 3 is 2.44 bits per heavy atom. The largest absolute Gasteiger partial charge is 0.497 e. The van der Waals surface area contributed by atoms with Crippen molar-refractivity contribution < 1.29 is 9.53 Å². The first kappa shape index (κ1) is 23.4. The summed E-state index contributed by atoms with van der Waals surface area (Å²) in [5.74, 6) is 7.55. The molecule has 0 aliphatic heterocycles. The highest BCUT2D eigenvalue weighted by Gasteiger charge is 2.17. The third kappa shape index (κ3) is 5.07. The number of aryl methyl sites for hydroxylation is 2. The zero-order valence-electron chi connectivity index (χ0n) is 19.6. The lowest BCUT2D eigenvalue weighted by Gasteiger charge is -2.08. The zero-order chi connectivity index (χ0) is 24.2. The molecule has 4 rings (SSSR count). The van der Waals surface area contributed by atoms with Gasteiger partial charge < -0.3 is 15.9 Å². The Hall–Kier alpha value is -3.79. The van der Waals surface area contributed by atoms with Crippen LogP contribution in [0.15, 0.2) is 53.7 Å². The van der Waals surface area contributed by atoms with Crippen LogP contribution in [0.3, 0.4) is 0 Å². The minimum atomic E-state index is -0.167. The summed E-state index contributed by atoms with van der Waals surface area (Å²) >= 11 is 1.23. The lowest BCUT2D eigenvalue weighted by Crippen LogP contribution is -2.18. The number of benzene rings is 2. The van der Waals surface area contributed by atoms with Gasteiger partial charge >= 0.3 is 0 Å². The second-order valence-electron chi connectivity index (χ2n) is 7.92. The molecule has 2 aromatic carbocycles. The molecule has 10 heteroatoms. The van der Waals surface area contributed by atoms with Crippen molar-refractivity contribution in [1.82, 2.24) is 24.7 Å². The average Bonchev–Trinajstić information content (AvgIpc) is 3.32. The first-order valence-electron chi connectivity index (χ1n) is 10.7. The van der Waals surface area contributed by atoms with Gasteiger partial charge in [-0.15, -0.1) is 10.2 Å². The number of hydrogen-bond acceptors (Lipinski definition) is 7. The molecule has 0 unspecified atom stereocenters. The van der Waals surface area contributed by atoms with Gasteiger partial charge in [0, 0.05) is 6.42 Å². The zero-order valence-corrected chi connectivity index (χ0v) is 20.4. The van der Waals surface area contributed by atoms with E-state index in [2.05, 4.69) is 20.6 Å². The molecular weight excluding hydrogens is 450 g/mol. The predicted octanol–water partition coefficient (Wildman–Crippen LogP) is 3.43. The number of carbonyl (C=O) groups is 1. The van der Waals surface area contributed by atoms with Crippen LogP contribution in [0.25, 0.3) is 5.69 Å². The van der Waals surface area contributed by atoms with Crippen molar-refractivity contribution in [3.8, 4) is 11.4 Å². The summed E-state index contributed by atoms with van der Waals surface area (Å²) in [6.45, 7) is 5.85. The molecule has 0 aliphatic carbocycles. The Kier molecular flexibility index (Phi) is 6.87. The van der Waals surface area contributed by atoms with Crippen LogP contribution in [-0.4, -0.2) is 43.4 Å². The number of thioether (sulfide) groups is 1. The van der Waals surface area contributed by atoms with E-state index in [-0.39, 0.29) is 11.7 Å². The second kappa shape index (κ2) is 10.0. The molecule has 0 saturated heterocycles. The maximum atomic E-state index is 12.7. The standard InChI is InChI=1S/C24H27N7O2S/c1-15-5-9-19(10-6-15)31-17(3)23(16(2)29-31)26-22(32)14-34-24-28-27-21(30(24)25)13-18-7-11-20(33-4)12-8-18/h5-12H,13-14,25H2,1-4H3,(H,26,32). The Labute approximate surface area is 202 Å². The van der Waals surface area contributed by atoms with Crippen LogP contribution in [0, 0.1) is 20.8 Å². The van der Waals surface area contributed by atoms with E-state index in [1.807, 2.05) is 74.0 Å². The van der Waals surface area contributed by atoms with E-state index in [4.69, 9.17) is 10.6 Å².